The normalized spacial score (nSPS) is 26.6. The van der Waals surface area contributed by atoms with Crippen molar-refractivity contribution in [1.82, 2.24) is 5.32 Å². The lowest BCUT2D eigenvalue weighted by Crippen LogP contribution is -2.56. The number of carbonyl (C=O) groups excluding carboxylic acids is 1. The highest BCUT2D eigenvalue weighted by Crippen LogP contribution is 2.36. The molecule has 2 atom stereocenters. The Morgan fingerprint density at radius 3 is 2.55 bits per heavy atom. The van der Waals surface area contributed by atoms with Crippen LogP contribution in [-0.2, 0) is 15.1 Å². The van der Waals surface area contributed by atoms with E-state index in [9.17, 15) is 4.79 Å². The van der Waals surface area contributed by atoms with Gasteiger partial charge in [-0.2, -0.15) is 0 Å². The second-order valence-electron chi connectivity index (χ2n) is 5.14. The molecule has 0 bridgehead atoms. The molecule has 1 N–H and O–H groups in total. The highest BCUT2D eigenvalue weighted by atomic mass is 16.5. The molecule has 0 aliphatic heterocycles. The topological polar surface area (TPSA) is 47.6 Å². The minimum absolute atomic E-state index is 0.137. The van der Waals surface area contributed by atoms with Gasteiger partial charge in [0.25, 0.3) is 0 Å². The fourth-order valence-corrected chi connectivity index (χ4v) is 3.05. The number of ketones is 1. The zero-order valence-electron chi connectivity index (χ0n) is 12.4. The number of carbonyl (C=O) groups is 1. The first-order valence-electron chi connectivity index (χ1n) is 7.14. The van der Waals surface area contributed by atoms with Crippen LogP contribution in [0.2, 0.25) is 0 Å². The van der Waals surface area contributed by atoms with Crippen molar-refractivity contribution in [2.75, 3.05) is 20.8 Å². The van der Waals surface area contributed by atoms with Gasteiger partial charge in [-0.1, -0.05) is 19.1 Å². The van der Waals surface area contributed by atoms with Crippen LogP contribution in [0, 0.1) is 0 Å². The summed E-state index contributed by atoms with van der Waals surface area (Å²) in [6.45, 7) is 2.77. The number of nitrogens with one attached hydrogen (secondary N) is 1. The molecule has 1 aromatic rings. The van der Waals surface area contributed by atoms with Gasteiger partial charge in [-0.05, 0) is 43.5 Å². The van der Waals surface area contributed by atoms with E-state index in [1.54, 1.807) is 14.2 Å². The summed E-state index contributed by atoms with van der Waals surface area (Å²) in [5.74, 6) is 0.935. The first-order chi connectivity index (χ1) is 9.67. The Kier molecular flexibility index (Phi) is 4.78. The van der Waals surface area contributed by atoms with Crippen molar-refractivity contribution >= 4 is 5.78 Å². The molecule has 2 rings (SSSR count). The van der Waals surface area contributed by atoms with Gasteiger partial charge in [0, 0.05) is 7.11 Å². The molecule has 1 aliphatic carbocycles. The van der Waals surface area contributed by atoms with Gasteiger partial charge >= 0.3 is 0 Å². The van der Waals surface area contributed by atoms with E-state index in [-0.39, 0.29) is 11.9 Å². The average molecular weight is 277 g/mol. The number of hydrogen-bond donors (Lipinski definition) is 1. The van der Waals surface area contributed by atoms with Crippen molar-refractivity contribution in [2.24, 2.45) is 0 Å². The Bertz CT molecular complexity index is 453. The summed E-state index contributed by atoms with van der Waals surface area (Å²) in [7, 11) is 3.25. The molecule has 0 radical (unpaired) electrons. The van der Waals surface area contributed by atoms with Crippen LogP contribution >= 0.6 is 0 Å². The Balaban J connectivity index is 2.39. The van der Waals surface area contributed by atoms with Gasteiger partial charge in [0.2, 0.25) is 0 Å². The van der Waals surface area contributed by atoms with Gasteiger partial charge < -0.3 is 14.8 Å². The first-order valence-corrected chi connectivity index (χ1v) is 7.14. The van der Waals surface area contributed by atoms with Crippen LogP contribution in [0.4, 0.5) is 0 Å². The van der Waals surface area contributed by atoms with Crippen LogP contribution in [0.25, 0.3) is 0 Å². The molecule has 1 fully saturated rings. The van der Waals surface area contributed by atoms with Crippen molar-refractivity contribution in [2.45, 2.75) is 37.8 Å². The predicted molar refractivity (Wildman–Crippen MR) is 78.0 cm³/mol. The fourth-order valence-electron chi connectivity index (χ4n) is 3.05. The lowest BCUT2D eigenvalue weighted by atomic mass is 9.74. The zero-order chi connectivity index (χ0) is 14.6. The monoisotopic (exact) mass is 277 g/mol. The molecule has 110 valence electrons. The Morgan fingerprint density at radius 2 is 2.00 bits per heavy atom. The van der Waals surface area contributed by atoms with Crippen LogP contribution < -0.4 is 10.1 Å². The van der Waals surface area contributed by atoms with Crippen molar-refractivity contribution in [3.63, 3.8) is 0 Å². The molecule has 0 heterocycles. The summed E-state index contributed by atoms with van der Waals surface area (Å²) in [6.07, 6.45) is 2.28. The third kappa shape index (κ3) is 2.58. The standard InChI is InChI=1S/C16H23NO3/c1-4-17-16(11-5-6-14(20-3)15(16)18)12-7-9-13(19-2)10-8-12/h7-10,14,17H,4-6,11H2,1-3H3/t14-,16-/m1/s1. The maximum Gasteiger partial charge on any atom is 0.185 e. The Morgan fingerprint density at radius 1 is 1.30 bits per heavy atom. The quantitative estimate of drug-likeness (QED) is 0.897. The van der Waals surface area contributed by atoms with Crippen molar-refractivity contribution < 1.29 is 14.3 Å². The van der Waals surface area contributed by atoms with Gasteiger partial charge in [-0.3, -0.25) is 4.79 Å². The molecule has 4 heteroatoms. The number of benzene rings is 1. The number of methoxy groups -OCH3 is 2. The van der Waals surface area contributed by atoms with E-state index >= 15 is 0 Å². The summed E-state index contributed by atoms with van der Waals surface area (Å²) in [4.78, 5) is 12.8. The number of rotatable bonds is 5. The van der Waals surface area contributed by atoms with E-state index < -0.39 is 5.54 Å². The Labute approximate surface area is 120 Å². The fraction of sp³-hybridized carbons (Fsp3) is 0.562. The molecule has 1 aliphatic rings. The summed E-state index contributed by atoms with van der Waals surface area (Å²) in [5, 5.41) is 3.40. The van der Waals surface area contributed by atoms with Gasteiger partial charge in [-0.25, -0.2) is 0 Å². The minimum Gasteiger partial charge on any atom is -0.497 e. The SMILES string of the molecule is CCN[C@@]1(c2ccc(OC)cc2)CCC[C@@H](OC)C1=O. The summed E-state index contributed by atoms with van der Waals surface area (Å²) in [5.41, 5.74) is 0.367. The van der Waals surface area contributed by atoms with E-state index in [4.69, 9.17) is 9.47 Å². The Hall–Kier alpha value is -1.39. The lowest BCUT2D eigenvalue weighted by Gasteiger charge is -2.40. The van der Waals surface area contributed by atoms with Crippen LogP contribution in [-0.4, -0.2) is 32.7 Å². The van der Waals surface area contributed by atoms with Gasteiger partial charge in [0.05, 0.1) is 7.11 Å². The van der Waals surface area contributed by atoms with Crippen molar-refractivity contribution in [3.05, 3.63) is 29.8 Å². The summed E-state index contributed by atoms with van der Waals surface area (Å²) in [6, 6.07) is 7.74. The van der Waals surface area contributed by atoms with E-state index in [1.165, 1.54) is 0 Å². The minimum atomic E-state index is -0.625. The number of hydrogen-bond acceptors (Lipinski definition) is 4. The van der Waals surface area contributed by atoms with Crippen LogP contribution in [0.5, 0.6) is 5.75 Å². The smallest absolute Gasteiger partial charge is 0.185 e. The highest BCUT2D eigenvalue weighted by molar-refractivity contribution is 5.94. The van der Waals surface area contributed by atoms with E-state index in [2.05, 4.69) is 5.32 Å². The number of likely N-dealkylation sites (N-methyl/N-ethyl adjacent to an activating group) is 1. The highest BCUT2D eigenvalue weighted by Gasteiger charge is 2.45. The van der Waals surface area contributed by atoms with E-state index in [0.717, 1.165) is 37.1 Å². The average Bonchev–Trinajstić information content (AvgIpc) is 2.50. The van der Waals surface area contributed by atoms with Crippen LogP contribution in [0.1, 0.15) is 31.7 Å². The number of ether oxygens (including phenoxy) is 2. The van der Waals surface area contributed by atoms with E-state index in [0.29, 0.717) is 0 Å². The molecule has 0 aromatic heterocycles. The maximum absolute atomic E-state index is 12.8. The molecule has 0 spiro atoms. The summed E-state index contributed by atoms with van der Waals surface area (Å²) < 4.78 is 10.5. The molecule has 4 nitrogen and oxygen atoms in total. The molecule has 0 saturated heterocycles. The van der Waals surface area contributed by atoms with E-state index in [1.807, 2.05) is 31.2 Å². The second-order valence-corrected chi connectivity index (χ2v) is 5.14. The maximum atomic E-state index is 12.8. The lowest BCUT2D eigenvalue weighted by molar-refractivity contribution is -0.140. The third-order valence-electron chi connectivity index (χ3n) is 4.08. The molecule has 0 amide bonds. The van der Waals surface area contributed by atoms with Crippen LogP contribution in [0.15, 0.2) is 24.3 Å². The predicted octanol–water partition coefficient (Wildman–Crippen LogP) is 2.27. The van der Waals surface area contributed by atoms with Crippen LogP contribution in [0.3, 0.4) is 0 Å². The van der Waals surface area contributed by atoms with Gasteiger partial charge in [0.1, 0.15) is 17.4 Å². The molecule has 1 saturated carbocycles. The second kappa shape index (κ2) is 6.37. The molecule has 20 heavy (non-hydrogen) atoms. The first kappa shape index (κ1) is 15.0. The summed E-state index contributed by atoms with van der Waals surface area (Å²) >= 11 is 0. The zero-order valence-corrected chi connectivity index (χ0v) is 12.4. The molecule has 1 aromatic carbocycles. The largest absolute Gasteiger partial charge is 0.497 e. The third-order valence-corrected chi connectivity index (χ3v) is 4.08. The molecular weight excluding hydrogens is 254 g/mol. The van der Waals surface area contributed by atoms with Gasteiger partial charge in [0.15, 0.2) is 5.78 Å². The molecular formula is C16H23NO3. The molecule has 0 unspecified atom stereocenters. The van der Waals surface area contributed by atoms with Gasteiger partial charge in [-0.15, -0.1) is 0 Å². The van der Waals surface area contributed by atoms with Crippen molar-refractivity contribution in [1.29, 1.82) is 0 Å². The van der Waals surface area contributed by atoms with Crippen molar-refractivity contribution in [3.8, 4) is 5.75 Å². The number of Topliss-reactive ketones (excluding diaryl/α,β-unsaturated/α-hetero) is 1.